The molecule has 1 aliphatic rings. The second kappa shape index (κ2) is 13.2. The van der Waals surface area contributed by atoms with Crippen molar-refractivity contribution in [3.63, 3.8) is 0 Å². The fourth-order valence-corrected chi connectivity index (χ4v) is 3.50. The zero-order valence-electron chi connectivity index (χ0n) is 18.6. The van der Waals surface area contributed by atoms with Gasteiger partial charge in [0.2, 0.25) is 5.91 Å². The summed E-state index contributed by atoms with van der Waals surface area (Å²) >= 11 is 0. The molecule has 0 saturated carbocycles. The summed E-state index contributed by atoms with van der Waals surface area (Å²) in [5.41, 5.74) is 2.42. The number of carbonyl (C=O) groups is 1. The van der Waals surface area contributed by atoms with Gasteiger partial charge in [-0.25, -0.2) is 0 Å². The molecule has 0 aromatic heterocycles. The Labute approximate surface area is 209 Å². The number of rotatable bonds is 9. The molecule has 1 atom stereocenters. The summed E-state index contributed by atoms with van der Waals surface area (Å²) < 4.78 is 35.9. The smallest absolute Gasteiger partial charge is 0.387 e. The van der Waals surface area contributed by atoms with Crippen molar-refractivity contribution in [1.82, 2.24) is 10.6 Å². The molecule has 33 heavy (non-hydrogen) atoms. The van der Waals surface area contributed by atoms with Crippen molar-refractivity contribution in [2.75, 3.05) is 25.5 Å². The number of hydrogen-bond donors (Lipinski definition) is 3. The lowest BCUT2D eigenvalue weighted by Gasteiger charge is -2.26. The standard InChI is InChI=1S/C23H28F2N4O3.HI/c1-3-10-31-17-9-8-15(20(12-17)32-22(24)25)13-27-23(26-2)28-14-16-11-21(30)29-19-7-5-4-6-18(16)19;/h4-9,12,16,22H,3,10-11,13-14H2,1-2H3,(H,29,30)(H2,26,27,28);1H. The van der Waals surface area contributed by atoms with Crippen LogP contribution in [0.4, 0.5) is 14.5 Å². The topological polar surface area (TPSA) is 84.0 Å². The minimum Gasteiger partial charge on any atom is -0.493 e. The van der Waals surface area contributed by atoms with Crippen LogP contribution >= 0.6 is 24.0 Å². The summed E-state index contributed by atoms with van der Waals surface area (Å²) in [6.07, 6.45) is 1.18. The molecule has 0 spiro atoms. The molecule has 0 fully saturated rings. The van der Waals surface area contributed by atoms with Crippen LogP contribution in [0.25, 0.3) is 0 Å². The highest BCUT2D eigenvalue weighted by Gasteiger charge is 2.24. The van der Waals surface area contributed by atoms with Crippen LogP contribution in [-0.4, -0.2) is 38.7 Å². The molecule has 10 heteroatoms. The number of aliphatic imine (C=N–C) groups is 1. The molecule has 1 heterocycles. The van der Waals surface area contributed by atoms with Gasteiger partial charge in [-0.15, -0.1) is 24.0 Å². The Morgan fingerprint density at radius 2 is 2.03 bits per heavy atom. The number of guanidine groups is 1. The van der Waals surface area contributed by atoms with Gasteiger partial charge in [-0.3, -0.25) is 9.79 Å². The Balaban J connectivity index is 0.00000385. The fourth-order valence-electron chi connectivity index (χ4n) is 3.50. The molecule has 3 N–H and O–H groups in total. The number of halogens is 3. The van der Waals surface area contributed by atoms with E-state index in [9.17, 15) is 13.6 Å². The van der Waals surface area contributed by atoms with Gasteiger partial charge < -0.3 is 25.4 Å². The Morgan fingerprint density at radius 1 is 1.24 bits per heavy atom. The van der Waals surface area contributed by atoms with Gasteiger partial charge in [0.1, 0.15) is 11.5 Å². The maximum atomic E-state index is 12.9. The summed E-state index contributed by atoms with van der Waals surface area (Å²) in [5.74, 6) is 0.976. The average molecular weight is 574 g/mol. The van der Waals surface area contributed by atoms with Crippen molar-refractivity contribution < 1.29 is 23.0 Å². The molecule has 1 amide bonds. The van der Waals surface area contributed by atoms with Gasteiger partial charge in [0.15, 0.2) is 5.96 Å². The van der Waals surface area contributed by atoms with E-state index in [0.717, 1.165) is 17.7 Å². The fraction of sp³-hybridized carbons (Fsp3) is 0.391. The minimum absolute atomic E-state index is 0. The van der Waals surface area contributed by atoms with E-state index in [1.54, 1.807) is 19.2 Å². The summed E-state index contributed by atoms with van der Waals surface area (Å²) in [6, 6.07) is 12.6. The largest absolute Gasteiger partial charge is 0.493 e. The third-order valence-corrected chi connectivity index (χ3v) is 5.02. The van der Waals surface area contributed by atoms with Gasteiger partial charge in [-0.05, 0) is 30.2 Å². The predicted octanol–water partition coefficient (Wildman–Crippen LogP) is 4.49. The molecule has 180 valence electrons. The number of alkyl halides is 2. The number of amides is 1. The second-order valence-corrected chi connectivity index (χ2v) is 7.34. The Kier molecular flexibility index (Phi) is 10.6. The average Bonchev–Trinajstić information content (AvgIpc) is 2.78. The SMILES string of the molecule is CCCOc1ccc(CNC(=NC)NCC2CC(=O)Nc3ccccc32)c(OC(F)F)c1.I. The molecule has 2 aromatic carbocycles. The highest BCUT2D eigenvalue weighted by Crippen LogP contribution is 2.31. The maximum Gasteiger partial charge on any atom is 0.387 e. The van der Waals surface area contributed by atoms with Gasteiger partial charge in [0, 0.05) is 49.8 Å². The molecular formula is C23H29F2IN4O3. The molecule has 0 bridgehead atoms. The van der Waals surface area contributed by atoms with E-state index in [2.05, 4.69) is 25.7 Å². The van der Waals surface area contributed by atoms with Crippen LogP contribution in [0.5, 0.6) is 11.5 Å². The number of carbonyl (C=O) groups excluding carboxylic acids is 1. The number of nitrogens with one attached hydrogen (secondary N) is 3. The van der Waals surface area contributed by atoms with E-state index in [-0.39, 0.29) is 48.1 Å². The number of para-hydroxylation sites is 1. The van der Waals surface area contributed by atoms with E-state index < -0.39 is 6.61 Å². The molecule has 0 radical (unpaired) electrons. The lowest BCUT2D eigenvalue weighted by atomic mass is 9.90. The first-order valence-corrected chi connectivity index (χ1v) is 10.5. The summed E-state index contributed by atoms with van der Waals surface area (Å²) in [4.78, 5) is 16.2. The number of benzene rings is 2. The lowest BCUT2D eigenvalue weighted by Crippen LogP contribution is -2.40. The lowest BCUT2D eigenvalue weighted by molar-refractivity contribution is -0.116. The third-order valence-electron chi connectivity index (χ3n) is 5.02. The van der Waals surface area contributed by atoms with E-state index in [1.165, 1.54) is 6.07 Å². The van der Waals surface area contributed by atoms with Crippen LogP contribution in [0, 0.1) is 0 Å². The maximum absolute atomic E-state index is 12.9. The zero-order valence-corrected chi connectivity index (χ0v) is 20.9. The first kappa shape index (κ1) is 26.6. The van der Waals surface area contributed by atoms with Crippen molar-refractivity contribution in [2.45, 2.75) is 38.8 Å². The van der Waals surface area contributed by atoms with Gasteiger partial charge in [0.05, 0.1) is 6.61 Å². The minimum atomic E-state index is -2.94. The molecule has 1 unspecified atom stereocenters. The molecule has 3 rings (SSSR count). The van der Waals surface area contributed by atoms with Crippen molar-refractivity contribution in [2.24, 2.45) is 4.99 Å². The number of nitrogens with zero attached hydrogens (tertiary/aromatic N) is 1. The number of fused-ring (bicyclic) bond motifs is 1. The van der Waals surface area contributed by atoms with Crippen LogP contribution in [0.15, 0.2) is 47.5 Å². The van der Waals surface area contributed by atoms with Gasteiger partial charge in [-0.2, -0.15) is 8.78 Å². The predicted molar refractivity (Wildman–Crippen MR) is 135 cm³/mol. The first-order chi connectivity index (χ1) is 15.5. The molecule has 0 aliphatic carbocycles. The Morgan fingerprint density at radius 3 is 2.76 bits per heavy atom. The van der Waals surface area contributed by atoms with Crippen LogP contribution in [0.1, 0.15) is 36.8 Å². The van der Waals surface area contributed by atoms with Crippen molar-refractivity contribution in [1.29, 1.82) is 0 Å². The molecular weight excluding hydrogens is 545 g/mol. The highest BCUT2D eigenvalue weighted by molar-refractivity contribution is 14.0. The summed E-state index contributed by atoms with van der Waals surface area (Å²) in [5, 5.41) is 9.20. The van der Waals surface area contributed by atoms with Gasteiger partial charge in [0.25, 0.3) is 0 Å². The highest BCUT2D eigenvalue weighted by atomic mass is 127. The summed E-state index contributed by atoms with van der Waals surface area (Å²) in [7, 11) is 1.62. The van der Waals surface area contributed by atoms with E-state index in [4.69, 9.17) is 4.74 Å². The van der Waals surface area contributed by atoms with Crippen molar-refractivity contribution >= 4 is 41.5 Å². The molecule has 7 nitrogen and oxygen atoms in total. The van der Waals surface area contributed by atoms with Gasteiger partial charge >= 0.3 is 6.61 Å². The monoisotopic (exact) mass is 574 g/mol. The van der Waals surface area contributed by atoms with E-state index in [1.807, 2.05) is 31.2 Å². The van der Waals surface area contributed by atoms with Crippen LogP contribution < -0.4 is 25.4 Å². The van der Waals surface area contributed by atoms with E-state index in [0.29, 0.717) is 36.8 Å². The number of anilines is 1. The number of hydrogen-bond acceptors (Lipinski definition) is 4. The molecule has 1 aliphatic heterocycles. The van der Waals surface area contributed by atoms with E-state index >= 15 is 0 Å². The van der Waals surface area contributed by atoms with Crippen molar-refractivity contribution in [3.05, 3.63) is 53.6 Å². The Bertz CT molecular complexity index is 959. The van der Waals surface area contributed by atoms with Gasteiger partial charge in [-0.1, -0.05) is 25.1 Å². The quantitative estimate of drug-likeness (QED) is 0.234. The first-order valence-electron chi connectivity index (χ1n) is 10.5. The number of ether oxygens (including phenoxy) is 2. The van der Waals surface area contributed by atoms with Crippen LogP contribution in [0.3, 0.4) is 0 Å². The zero-order chi connectivity index (χ0) is 22.9. The third kappa shape index (κ3) is 7.72. The van der Waals surface area contributed by atoms with Crippen molar-refractivity contribution in [3.8, 4) is 11.5 Å². The van der Waals surface area contributed by atoms with Crippen LogP contribution in [0.2, 0.25) is 0 Å². The molecule has 2 aromatic rings. The molecule has 0 saturated heterocycles. The Hall–Kier alpha value is -2.63. The van der Waals surface area contributed by atoms with Crippen LogP contribution in [-0.2, 0) is 11.3 Å². The normalized spacial score (nSPS) is 15.2. The second-order valence-electron chi connectivity index (χ2n) is 7.34. The summed E-state index contributed by atoms with van der Waals surface area (Å²) in [6.45, 7) is 0.229.